The van der Waals surface area contributed by atoms with E-state index in [4.69, 9.17) is 4.74 Å². The molecule has 0 spiro atoms. The summed E-state index contributed by atoms with van der Waals surface area (Å²) < 4.78 is 18.8. The number of aromatic nitrogens is 1. The fourth-order valence-corrected chi connectivity index (χ4v) is 3.62. The molecule has 27 heavy (non-hydrogen) atoms. The van der Waals surface area contributed by atoms with Gasteiger partial charge >= 0.3 is 6.03 Å². The minimum atomic E-state index is -0.287. The molecule has 0 aliphatic carbocycles. The number of nitrogens with one attached hydrogen (secondary N) is 1. The van der Waals surface area contributed by atoms with E-state index in [9.17, 15) is 9.18 Å². The summed E-state index contributed by atoms with van der Waals surface area (Å²) in [5.74, 6) is -0.287. The smallest absolute Gasteiger partial charge is 0.322 e. The standard InChI is InChI=1S/C20H18FN3O2S/c21-16-5-1-14(2-6-16)18-13-24(10-11-26-18)20(25)23-17-7-3-15(4-8-17)19-22-9-12-27-19/h1-9,12,18H,10-11,13H2,(H,23,25). The highest BCUT2D eigenvalue weighted by Crippen LogP contribution is 2.25. The highest BCUT2D eigenvalue weighted by molar-refractivity contribution is 7.13. The van der Waals surface area contributed by atoms with Gasteiger partial charge in [-0.1, -0.05) is 12.1 Å². The molecule has 0 saturated carbocycles. The number of benzene rings is 2. The van der Waals surface area contributed by atoms with E-state index < -0.39 is 0 Å². The number of anilines is 1. The van der Waals surface area contributed by atoms with Crippen molar-refractivity contribution in [1.29, 1.82) is 0 Å². The van der Waals surface area contributed by atoms with Crippen LogP contribution in [0.25, 0.3) is 10.6 Å². The molecule has 1 aliphatic rings. The lowest BCUT2D eigenvalue weighted by atomic mass is 10.1. The highest BCUT2D eigenvalue weighted by atomic mass is 32.1. The van der Waals surface area contributed by atoms with E-state index >= 15 is 0 Å². The van der Waals surface area contributed by atoms with Crippen molar-refractivity contribution in [3.63, 3.8) is 0 Å². The second-order valence-corrected chi connectivity index (χ2v) is 7.10. The Labute approximate surface area is 160 Å². The third-order valence-electron chi connectivity index (χ3n) is 4.41. The summed E-state index contributed by atoms with van der Waals surface area (Å²) in [5, 5.41) is 5.80. The molecule has 1 fully saturated rings. The number of carbonyl (C=O) groups excluding carboxylic acids is 1. The Hall–Kier alpha value is -2.77. The normalized spacial score (nSPS) is 16.9. The van der Waals surface area contributed by atoms with Crippen LogP contribution in [0, 0.1) is 5.82 Å². The summed E-state index contributed by atoms with van der Waals surface area (Å²) in [6.07, 6.45) is 1.52. The first kappa shape index (κ1) is 17.6. The molecule has 1 unspecified atom stereocenters. The molecule has 1 N–H and O–H groups in total. The Kier molecular flexibility index (Phi) is 5.13. The summed E-state index contributed by atoms with van der Waals surface area (Å²) >= 11 is 1.57. The van der Waals surface area contributed by atoms with Gasteiger partial charge in [0.05, 0.1) is 13.2 Å². The molecule has 3 aromatic rings. The number of halogens is 1. The van der Waals surface area contributed by atoms with E-state index in [1.807, 2.05) is 29.6 Å². The molecule has 7 heteroatoms. The molecule has 5 nitrogen and oxygen atoms in total. The van der Waals surface area contributed by atoms with Crippen molar-refractivity contribution < 1.29 is 13.9 Å². The Morgan fingerprint density at radius 1 is 1.19 bits per heavy atom. The number of carbonyl (C=O) groups is 1. The summed E-state index contributed by atoms with van der Waals surface area (Å²) in [5.41, 5.74) is 2.61. The first-order chi connectivity index (χ1) is 13.2. The number of thiazole rings is 1. The van der Waals surface area contributed by atoms with Crippen LogP contribution in [0.3, 0.4) is 0 Å². The van der Waals surface area contributed by atoms with Crippen LogP contribution < -0.4 is 5.32 Å². The van der Waals surface area contributed by atoms with Crippen molar-refractivity contribution in [3.05, 3.63) is 71.5 Å². The first-order valence-corrected chi connectivity index (χ1v) is 9.50. The molecular formula is C20H18FN3O2S. The fourth-order valence-electron chi connectivity index (χ4n) is 2.98. The largest absolute Gasteiger partial charge is 0.370 e. The van der Waals surface area contributed by atoms with E-state index in [0.717, 1.165) is 21.8 Å². The van der Waals surface area contributed by atoms with Crippen LogP contribution in [-0.2, 0) is 4.74 Å². The molecule has 0 radical (unpaired) electrons. The van der Waals surface area contributed by atoms with E-state index in [1.165, 1.54) is 12.1 Å². The number of hydrogen-bond acceptors (Lipinski definition) is 4. The molecule has 1 aliphatic heterocycles. The molecule has 2 amide bonds. The minimum absolute atomic E-state index is 0.174. The Morgan fingerprint density at radius 2 is 1.96 bits per heavy atom. The summed E-state index contributed by atoms with van der Waals surface area (Å²) in [7, 11) is 0. The SMILES string of the molecule is O=C(Nc1ccc(-c2nccs2)cc1)N1CCOC(c2ccc(F)cc2)C1. The van der Waals surface area contributed by atoms with Gasteiger partial charge in [0.25, 0.3) is 0 Å². The Bertz CT molecular complexity index is 898. The summed E-state index contributed by atoms with van der Waals surface area (Å²) in [4.78, 5) is 18.6. The molecule has 2 heterocycles. The maximum absolute atomic E-state index is 13.1. The quantitative estimate of drug-likeness (QED) is 0.722. The summed E-state index contributed by atoms with van der Waals surface area (Å²) in [6.45, 7) is 1.38. The van der Waals surface area contributed by atoms with Gasteiger partial charge in [-0.15, -0.1) is 11.3 Å². The Balaban J connectivity index is 1.39. The van der Waals surface area contributed by atoms with Gasteiger partial charge in [-0.3, -0.25) is 0 Å². The topological polar surface area (TPSA) is 54.5 Å². The lowest BCUT2D eigenvalue weighted by molar-refractivity contribution is -0.0135. The average molecular weight is 383 g/mol. The molecule has 1 atom stereocenters. The zero-order valence-corrected chi connectivity index (χ0v) is 15.3. The third kappa shape index (κ3) is 4.15. The zero-order valence-electron chi connectivity index (χ0n) is 14.5. The molecule has 4 rings (SSSR count). The number of rotatable bonds is 3. The van der Waals surface area contributed by atoms with E-state index in [2.05, 4.69) is 10.3 Å². The molecular weight excluding hydrogens is 365 g/mol. The van der Waals surface area contributed by atoms with Gasteiger partial charge in [0, 0.05) is 29.4 Å². The third-order valence-corrected chi connectivity index (χ3v) is 5.23. The second kappa shape index (κ2) is 7.85. The molecule has 138 valence electrons. The van der Waals surface area contributed by atoms with Crippen LogP contribution in [0.4, 0.5) is 14.9 Å². The lowest BCUT2D eigenvalue weighted by Crippen LogP contribution is -2.44. The number of amides is 2. The van der Waals surface area contributed by atoms with Gasteiger partial charge in [-0.25, -0.2) is 14.2 Å². The number of morpholine rings is 1. The zero-order chi connectivity index (χ0) is 18.6. The maximum atomic E-state index is 13.1. The van der Waals surface area contributed by atoms with Crippen LogP contribution in [0.5, 0.6) is 0 Å². The lowest BCUT2D eigenvalue weighted by Gasteiger charge is -2.33. The maximum Gasteiger partial charge on any atom is 0.322 e. The van der Waals surface area contributed by atoms with Crippen molar-refractivity contribution in [2.75, 3.05) is 25.0 Å². The van der Waals surface area contributed by atoms with Crippen molar-refractivity contribution in [1.82, 2.24) is 9.88 Å². The van der Waals surface area contributed by atoms with Crippen LogP contribution in [-0.4, -0.2) is 35.6 Å². The van der Waals surface area contributed by atoms with Gasteiger partial charge in [0.15, 0.2) is 0 Å². The number of urea groups is 1. The molecule has 2 aromatic carbocycles. The van der Waals surface area contributed by atoms with Crippen LogP contribution in [0.1, 0.15) is 11.7 Å². The van der Waals surface area contributed by atoms with Crippen molar-refractivity contribution in [3.8, 4) is 10.6 Å². The van der Waals surface area contributed by atoms with Crippen LogP contribution in [0.2, 0.25) is 0 Å². The van der Waals surface area contributed by atoms with Crippen molar-refractivity contribution >= 4 is 23.1 Å². The number of ether oxygens (including phenoxy) is 1. The highest BCUT2D eigenvalue weighted by Gasteiger charge is 2.25. The second-order valence-electron chi connectivity index (χ2n) is 6.20. The predicted octanol–water partition coefficient (Wildman–Crippen LogP) is 4.55. The molecule has 0 bridgehead atoms. The number of nitrogens with zero attached hydrogens (tertiary/aromatic N) is 2. The van der Waals surface area contributed by atoms with Gasteiger partial charge in [0.1, 0.15) is 16.9 Å². The van der Waals surface area contributed by atoms with Crippen molar-refractivity contribution in [2.45, 2.75) is 6.10 Å². The monoisotopic (exact) mass is 383 g/mol. The van der Waals surface area contributed by atoms with Crippen LogP contribution in [0.15, 0.2) is 60.1 Å². The van der Waals surface area contributed by atoms with E-state index in [0.29, 0.717) is 19.7 Å². The average Bonchev–Trinajstić information content (AvgIpc) is 3.24. The van der Waals surface area contributed by atoms with Crippen molar-refractivity contribution in [2.24, 2.45) is 0 Å². The molecule has 1 saturated heterocycles. The fraction of sp³-hybridized carbons (Fsp3) is 0.200. The van der Waals surface area contributed by atoms with E-state index in [-0.39, 0.29) is 18.0 Å². The van der Waals surface area contributed by atoms with Crippen LogP contribution >= 0.6 is 11.3 Å². The minimum Gasteiger partial charge on any atom is -0.370 e. The Morgan fingerprint density at radius 3 is 2.67 bits per heavy atom. The predicted molar refractivity (Wildman–Crippen MR) is 103 cm³/mol. The van der Waals surface area contributed by atoms with Gasteiger partial charge in [-0.2, -0.15) is 0 Å². The van der Waals surface area contributed by atoms with Gasteiger partial charge in [0.2, 0.25) is 0 Å². The van der Waals surface area contributed by atoms with Gasteiger partial charge < -0.3 is 15.0 Å². The van der Waals surface area contributed by atoms with Gasteiger partial charge in [-0.05, 0) is 42.0 Å². The summed E-state index contributed by atoms with van der Waals surface area (Å²) in [6, 6.07) is 13.6. The molecule has 1 aromatic heterocycles. The van der Waals surface area contributed by atoms with E-state index in [1.54, 1.807) is 34.6 Å². The first-order valence-electron chi connectivity index (χ1n) is 8.62. The number of hydrogen-bond donors (Lipinski definition) is 1.